The number of thiophene rings is 1. The lowest BCUT2D eigenvalue weighted by atomic mass is 9.89. The molecule has 1 aromatic carbocycles. The molecular weight excluding hydrogens is 296 g/mol. The molecule has 0 saturated heterocycles. The monoisotopic (exact) mass is 312 g/mol. The first-order valence-electron chi connectivity index (χ1n) is 7.26. The summed E-state index contributed by atoms with van der Waals surface area (Å²) in [6, 6.07) is 11.1. The second kappa shape index (κ2) is 6.20. The van der Waals surface area contributed by atoms with Crippen molar-refractivity contribution in [2.45, 2.75) is 26.2 Å². The molecule has 0 spiro atoms. The number of hydrogen-bond acceptors (Lipinski definition) is 4. The van der Waals surface area contributed by atoms with E-state index >= 15 is 0 Å². The van der Waals surface area contributed by atoms with E-state index < -0.39 is 6.09 Å². The molecule has 3 rings (SSSR count). The number of rotatable bonds is 2. The molecule has 0 unspecified atom stereocenters. The Morgan fingerprint density at radius 3 is 2.91 bits per heavy atom. The minimum absolute atomic E-state index is 0.480. The Morgan fingerprint density at radius 1 is 1.41 bits per heavy atom. The van der Waals surface area contributed by atoms with Gasteiger partial charge in [-0.05, 0) is 42.9 Å². The summed E-state index contributed by atoms with van der Waals surface area (Å²) in [6.07, 6.45) is 2.41. The fraction of sp³-hybridized carbons (Fsp3) is 0.294. The maximum Gasteiger partial charge on any atom is 0.417 e. The molecule has 1 heterocycles. The Labute approximate surface area is 133 Å². The highest BCUT2D eigenvalue weighted by atomic mass is 32.1. The van der Waals surface area contributed by atoms with Gasteiger partial charge in [-0.15, -0.1) is 11.3 Å². The zero-order valence-electron chi connectivity index (χ0n) is 12.3. The van der Waals surface area contributed by atoms with Crippen LogP contribution in [0.2, 0.25) is 0 Å². The third-order valence-corrected chi connectivity index (χ3v) is 4.96. The fourth-order valence-electron chi connectivity index (χ4n) is 2.67. The SMILES string of the molecule is C[C@@H]1CCc2c(sc(NC(=O)Oc3ccccc3)c2C#N)C1. The Kier molecular flexibility index (Phi) is 4.12. The van der Waals surface area contributed by atoms with Crippen molar-refractivity contribution in [3.63, 3.8) is 0 Å². The molecule has 1 atom stereocenters. The molecule has 112 valence electrons. The van der Waals surface area contributed by atoms with E-state index in [9.17, 15) is 10.1 Å². The van der Waals surface area contributed by atoms with Crippen LogP contribution in [0.15, 0.2) is 30.3 Å². The molecule has 0 radical (unpaired) electrons. The van der Waals surface area contributed by atoms with Crippen LogP contribution in [0.25, 0.3) is 0 Å². The van der Waals surface area contributed by atoms with Crippen molar-refractivity contribution in [3.05, 3.63) is 46.3 Å². The van der Waals surface area contributed by atoms with E-state index in [2.05, 4.69) is 18.3 Å². The van der Waals surface area contributed by atoms with Gasteiger partial charge in [0, 0.05) is 4.88 Å². The highest BCUT2D eigenvalue weighted by Crippen LogP contribution is 2.39. The van der Waals surface area contributed by atoms with Gasteiger partial charge in [-0.2, -0.15) is 5.26 Å². The molecule has 0 fully saturated rings. The van der Waals surface area contributed by atoms with Crippen molar-refractivity contribution in [1.82, 2.24) is 0 Å². The maximum atomic E-state index is 12.0. The first-order valence-corrected chi connectivity index (χ1v) is 8.07. The number of hydrogen-bond donors (Lipinski definition) is 1. The summed E-state index contributed by atoms with van der Waals surface area (Å²) >= 11 is 1.49. The van der Waals surface area contributed by atoms with E-state index in [1.165, 1.54) is 16.2 Å². The van der Waals surface area contributed by atoms with Gasteiger partial charge >= 0.3 is 6.09 Å². The first-order chi connectivity index (χ1) is 10.7. The van der Waals surface area contributed by atoms with Crippen LogP contribution in [-0.4, -0.2) is 6.09 Å². The Morgan fingerprint density at radius 2 is 2.18 bits per heavy atom. The Bertz CT molecular complexity index is 731. The van der Waals surface area contributed by atoms with Crippen molar-refractivity contribution in [1.29, 1.82) is 5.26 Å². The van der Waals surface area contributed by atoms with Crippen molar-refractivity contribution in [2.75, 3.05) is 5.32 Å². The summed E-state index contributed by atoms with van der Waals surface area (Å²) in [5.74, 6) is 1.11. The number of carbonyl (C=O) groups excluding carboxylic acids is 1. The number of nitriles is 1. The molecule has 2 aromatic rings. The Hall–Kier alpha value is -2.32. The van der Waals surface area contributed by atoms with Gasteiger partial charge in [0.15, 0.2) is 0 Å². The van der Waals surface area contributed by atoms with Crippen LogP contribution in [0.1, 0.15) is 29.3 Å². The topological polar surface area (TPSA) is 62.1 Å². The molecule has 0 saturated carbocycles. The van der Waals surface area contributed by atoms with Crippen molar-refractivity contribution in [3.8, 4) is 11.8 Å². The van der Waals surface area contributed by atoms with Crippen LogP contribution >= 0.6 is 11.3 Å². The van der Waals surface area contributed by atoms with Crippen molar-refractivity contribution >= 4 is 22.4 Å². The number of nitrogens with one attached hydrogen (secondary N) is 1. The minimum Gasteiger partial charge on any atom is -0.410 e. The number of amides is 1. The smallest absolute Gasteiger partial charge is 0.410 e. The number of benzene rings is 1. The lowest BCUT2D eigenvalue weighted by molar-refractivity contribution is 0.215. The quantitative estimate of drug-likeness (QED) is 0.896. The molecule has 1 aliphatic rings. The van der Waals surface area contributed by atoms with Gasteiger partial charge in [0.25, 0.3) is 0 Å². The number of ether oxygens (including phenoxy) is 1. The normalized spacial score (nSPS) is 16.5. The van der Waals surface area contributed by atoms with Crippen molar-refractivity contribution < 1.29 is 9.53 Å². The maximum absolute atomic E-state index is 12.0. The molecule has 1 amide bonds. The van der Waals surface area contributed by atoms with Crippen LogP contribution < -0.4 is 10.1 Å². The number of anilines is 1. The zero-order chi connectivity index (χ0) is 15.5. The minimum atomic E-state index is -0.561. The van der Waals surface area contributed by atoms with Crippen LogP contribution in [-0.2, 0) is 12.8 Å². The van der Waals surface area contributed by atoms with Gasteiger partial charge in [-0.25, -0.2) is 4.79 Å². The summed E-state index contributed by atoms with van der Waals surface area (Å²) < 4.78 is 5.22. The van der Waals surface area contributed by atoms with Crippen LogP contribution in [0.4, 0.5) is 9.80 Å². The first kappa shape index (κ1) is 14.6. The van der Waals surface area contributed by atoms with E-state index in [-0.39, 0.29) is 0 Å². The summed E-state index contributed by atoms with van der Waals surface area (Å²) in [7, 11) is 0. The zero-order valence-corrected chi connectivity index (χ0v) is 13.1. The van der Waals surface area contributed by atoms with E-state index in [0.717, 1.165) is 24.8 Å². The Balaban J connectivity index is 1.78. The van der Waals surface area contributed by atoms with Gasteiger partial charge in [-0.1, -0.05) is 25.1 Å². The molecule has 4 nitrogen and oxygen atoms in total. The van der Waals surface area contributed by atoms with Gasteiger partial charge < -0.3 is 4.74 Å². The van der Waals surface area contributed by atoms with E-state index in [4.69, 9.17) is 4.74 Å². The largest absolute Gasteiger partial charge is 0.417 e. The molecule has 0 bridgehead atoms. The molecule has 22 heavy (non-hydrogen) atoms. The average molecular weight is 312 g/mol. The van der Waals surface area contributed by atoms with Crippen molar-refractivity contribution in [2.24, 2.45) is 5.92 Å². The number of carbonyl (C=O) groups is 1. The summed E-state index contributed by atoms with van der Waals surface area (Å²) in [4.78, 5) is 13.2. The van der Waals surface area contributed by atoms with Crippen LogP contribution in [0.3, 0.4) is 0 Å². The lowest BCUT2D eigenvalue weighted by Crippen LogP contribution is -2.16. The van der Waals surface area contributed by atoms with Gasteiger partial charge in [0.05, 0.1) is 5.56 Å². The average Bonchev–Trinajstić information content (AvgIpc) is 2.84. The fourth-order valence-corrected chi connectivity index (χ4v) is 4.02. The predicted octanol–water partition coefficient (Wildman–Crippen LogP) is 4.36. The second-order valence-electron chi connectivity index (χ2n) is 5.50. The third-order valence-electron chi connectivity index (χ3n) is 3.79. The molecular formula is C17H16N2O2S. The van der Waals surface area contributed by atoms with Gasteiger partial charge in [0.2, 0.25) is 0 Å². The lowest BCUT2D eigenvalue weighted by Gasteiger charge is -2.17. The van der Waals surface area contributed by atoms with Gasteiger partial charge in [0.1, 0.15) is 16.8 Å². The summed E-state index contributed by atoms with van der Waals surface area (Å²) in [5.41, 5.74) is 1.69. The molecule has 1 N–H and O–H groups in total. The van der Waals surface area contributed by atoms with Gasteiger partial charge in [-0.3, -0.25) is 5.32 Å². The van der Waals surface area contributed by atoms with Crippen LogP contribution in [0, 0.1) is 17.2 Å². The number of fused-ring (bicyclic) bond motifs is 1. The van der Waals surface area contributed by atoms with E-state index in [0.29, 0.717) is 22.2 Å². The number of nitrogens with zero attached hydrogens (tertiary/aromatic N) is 1. The molecule has 1 aromatic heterocycles. The predicted molar refractivity (Wildman–Crippen MR) is 86.3 cm³/mol. The second-order valence-corrected chi connectivity index (χ2v) is 6.60. The third kappa shape index (κ3) is 2.97. The molecule has 5 heteroatoms. The number of para-hydroxylation sites is 1. The highest BCUT2D eigenvalue weighted by molar-refractivity contribution is 7.16. The van der Waals surface area contributed by atoms with E-state index in [1.807, 2.05) is 6.07 Å². The molecule has 1 aliphatic carbocycles. The summed E-state index contributed by atoms with van der Waals surface area (Å²) in [5, 5.41) is 12.7. The van der Waals surface area contributed by atoms with E-state index in [1.54, 1.807) is 24.3 Å². The standard InChI is InChI=1S/C17H16N2O2S/c1-11-7-8-13-14(10-18)16(22-15(13)9-11)19-17(20)21-12-5-3-2-4-6-12/h2-6,11H,7-9H2,1H3,(H,19,20)/t11-/m1/s1. The van der Waals surface area contributed by atoms with Crippen LogP contribution in [0.5, 0.6) is 5.75 Å². The highest BCUT2D eigenvalue weighted by Gasteiger charge is 2.24. The molecule has 0 aliphatic heterocycles. The summed E-state index contributed by atoms with van der Waals surface area (Å²) in [6.45, 7) is 2.21.